The van der Waals surface area contributed by atoms with E-state index < -0.39 is 17.8 Å². The lowest BCUT2D eigenvalue weighted by molar-refractivity contribution is 0.0378. The SMILES string of the molecule is CC(C)OC(=O)c1ccc(OC(=O)c2ccccc2F)cc1. The van der Waals surface area contributed by atoms with Crippen molar-refractivity contribution in [1.82, 2.24) is 0 Å². The van der Waals surface area contributed by atoms with Crippen LogP contribution in [-0.2, 0) is 4.74 Å². The second-order valence-electron chi connectivity index (χ2n) is 4.85. The van der Waals surface area contributed by atoms with Crippen molar-refractivity contribution >= 4 is 11.9 Å². The second kappa shape index (κ2) is 6.85. The molecule has 0 bridgehead atoms. The van der Waals surface area contributed by atoms with Crippen LogP contribution < -0.4 is 4.74 Å². The van der Waals surface area contributed by atoms with Gasteiger partial charge >= 0.3 is 11.9 Å². The van der Waals surface area contributed by atoms with Gasteiger partial charge in [-0.25, -0.2) is 14.0 Å². The van der Waals surface area contributed by atoms with Crippen LogP contribution in [0.4, 0.5) is 4.39 Å². The Balaban J connectivity index is 2.07. The van der Waals surface area contributed by atoms with Gasteiger partial charge in [0.15, 0.2) is 0 Å². The van der Waals surface area contributed by atoms with Gasteiger partial charge in [-0.05, 0) is 50.2 Å². The molecule has 2 rings (SSSR count). The molecule has 0 unspecified atom stereocenters. The van der Waals surface area contributed by atoms with Crippen molar-refractivity contribution in [3.63, 3.8) is 0 Å². The van der Waals surface area contributed by atoms with Gasteiger partial charge in [0.05, 0.1) is 17.2 Å². The van der Waals surface area contributed by atoms with Crippen LogP contribution in [0, 0.1) is 5.82 Å². The summed E-state index contributed by atoms with van der Waals surface area (Å²) < 4.78 is 23.6. The molecule has 0 aliphatic heterocycles. The molecule has 2 aromatic rings. The molecule has 0 fully saturated rings. The second-order valence-corrected chi connectivity index (χ2v) is 4.85. The fourth-order valence-corrected chi connectivity index (χ4v) is 1.73. The van der Waals surface area contributed by atoms with E-state index in [0.29, 0.717) is 5.56 Å². The van der Waals surface area contributed by atoms with Crippen molar-refractivity contribution in [3.05, 3.63) is 65.5 Å². The first kappa shape index (κ1) is 15.7. The Hall–Kier alpha value is -2.69. The van der Waals surface area contributed by atoms with Gasteiger partial charge in [0, 0.05) is 0 Å². The van der Waals surface area contributed by atoms with Crippen LogP contribution in [0.25, 0.3) is 0 Å². The number of benzene rings is 2. The Morgan fingerprint density at radius 2 is 1.59 bits per heavy atom. The van der Waals surface area contributed by atoms with E-state index in [4.69, 9.17) is 9.47 Å². The monoisotopic (exact) mass is 302 g/mol. The van der Waals surface area contributed by atoms with Gasteiger partial charge < -0.3 is 9.47 Å². The van der Waals surface area contributed by atoms with E-state index in [2.05, 4.69) is 0 Å². The first-order valence-electron chi connectivity index (χ1n) is 6.75. The number of ether oxygens (including phenoxy) is 2. The van der Waals surface area contributed by atoms with Crippen molar-refractivity contribution in [2.75, 3.05) is 0 Å². The minimum absolute atomic E-state index is 0.147. The Morgan fingerprint density at radius 3 is 2.18 bits per heavy atom. The van der Waals surface area contributed by atoms with Crippen molar-refractivity contribution in [3.8, 4) is 5.75 Å². The van der Waals surface area contributed by atoms with Crippen LogP contribution in [0.5, 0.6) is 5.75 Å². The molecule has 0 spiro atoms. The maximum Gasteiger partial charge on any atom is 0.346 e. The molecule has 114 valence electrons. The zero-order chi connectivity index (χ0) is 16.1. The van der Waals surface area contributed by atoms with Crippen LogP contribution in [0.3, 0.4) is 0 Å². The number of carbonyl (C=O) groups is 2. The third kappa shape index (κ3) is 3.91. The molecular formula is C17H15FO4. The highest BCUT2D eigenvalue weighted by molar-refractivity contribution is 5.92. The van der Waals surface area contributed by atoms with E-state index in [1.165, 1.54) is 42.5 Å². The first-order chi connectivity index (χ1) is 10.5. The molecule has 0 aromatic heterocycles. The molecular weight excluding hydrogens is 287 g/mol. The number of rotatable bonds is 4. The lowest BCUT2D eigenvalue weighted by atomic mass is 10.2. The van der Waals surface area contributed by atoms with E-state index in [1.54, 1.807) is 19.9 Å². The van der Waals surface area contributed by atoms with Gasteiger partial charge in [-0.3, -0.25) is 0 Å². The Morgan fingerprint density at radius 1 is 0.955 bits per heavy atom. The number of carbonyl (C=O) groups excluding carboxylic acids is 2. The van der Waals surface area contributed by atoms with Crippen LogP contribution in [0.1, 0.15) is 34.6 Å². The molecule has 0 amide bonds. The molecule has 0 aliphatic rings. The van der Waals surface area contributed by atoms with E-state index in [0.717, 1.165) is 0 Å². The van der Waals surface area contributed by atoms with Gasteiger partial charge in [-0.15, -0.1) is 0 Å². The smallest absolute Gasteiger partial charge is 0.346 e. The lowest BCUT2D eigenvalue weighted by Crippen LogP contribution is -2.12. The topological polar surface area (TPSA) is 52.6 Å². The predicted octanol–water partition coefficient (Wildman–Crippen LogP) is 3.61. The van der Waals surface area contributed by atoms with Crippen LogP contribution >= 0.6 is 0 Å². The van der Waals surface area contributed by atoms with Crippen molar-refractivity contribution in [2.45, 2.75) is 20.0 Å². The largest absolute Gasteiger partial charge is 0.459 e. The molecule has 0 aliphatic carbocycles. The quantitative estimate of drug-likeness (QED) is 0.639. The third-order valence-corrected chi connectivity index (χ3v) is 2.74. The van der Waals surface area contributed by atoms with Gasteiger partial charge in [0.25, 0.3) is 0 Å². The lowest BCUT2D eigenvalue weighted by Gasteiger charge is -2.08. The molecule has 0 atom stereocenters. The summed E-state index contributed by atoms with van der Waals surface area (Å²) in [7, 11) is 0. The summed E-state index contributed by atoms with van der Waals surface area (Å²) >= 11 is 0. The van der Waals surface area contributed by atoms with Gasteiger partial charge in [-0.2, -0.15) is 0 Å². The van der Waals surface area contributed by atoms with Crippen molar-refractivity contribution in [2.24, 2.45) is 0 Å². The summed E-state index contributed by atoms with van der Waals surface area (Å²) in [6.45, 7) is 3.50. The third-order valence-electron chi connectivity index (χ3n) is 2.74. The molecule has 0 N–H and O–H groups in total. The maximum absolute atomic E-state index is 13.5. The van der Waals surface area contributed by atoms with Crippen molar-refractivity contribution < 1.29 is 23.5 Å². The summed E-state index contributed by atoms with van der Waals surface area (Å²) in [6, 6.07) is 11.4. The fourth-order valence-electron chi connectivity index (χ4n) is 1.73. The minimum atomic E-state index is -0.796. The highest BCUT2D eigenvalue weighted by Gasteiger charge is 2.14. The molecule has 5 heteroatoms. The number of hydrogen-bond donors (Lipinski definition) is 0. The minimum Gasteiger partial charge on any atom is -0.459 e. The van der Waals surface area contributed by atoms with Crippen LogP contribution in [0.15, 0.2) is 48.5 Å². The Kier molecular flexibility index (Phi) is 4.88. The van der Waals surface area contributed by atoms with Gasteiger partial charge in [-0.1, -0.05) is 12.1 Å². The Bertz CT molecular complexity index is 677. The molecule has 0 radical (unpaired) electrons. The standard InChI is InChI=1S/C17H15FO4/c1-11(2)21-16(19)12-7-9-13(10-8-12)22-17(20)14-5-3-4-6-15(14)18/h3-11H,1-2H3. The molecule has 0 saturated heterocycles. The van der Waals surface area contributed by atoms with Gasteiger partial charge in [0.1, 0.15) is 11.6 Å². The highest BCUT2D eigenvalue weighted by Crippen LogP contribution is 2.16. The number of halogens is 1. The van der Waals surface area contributed by atoms with Gasteiger partial charge in [0.2, 0.25) is 0 Å². The summed E-state index contributed by atoms with van der Waals surface area (Å²) in [4.78, 5) is 23.5. The number of hydrogen-bond acceptors (Lipinski definition) is 4. The normalized spacial score (nSPS) is 10.4. The predicted molar refractivity (Wildman–Crippen MR) is 78.4 cm³/mol. The highest BCUT2D eigenvalue weighted by atomic mass is 19.1. The first-order valence-corrected chi connectivity index (χ1v) is 6.75. The summed E-state index contributed by atoms with van der Waals surface area (Å²) in [5.41, 5.74) is 0.199. The Labute approximate surface area is 127 Å². The molecule has 0 saturated carbocycles. The fraction of sp³-hybridized carbons (Fsp3) is 0.176. The molecule has 0 heterocycles. The van der Waals surface area contributed by atoms with E-state index in [-0.39, 0.29) is 17.4 Å². The maximum atomic E-state index is 13.5. The molecule has 4 nitrogen and oxygen atoms in total. The number of esters is 2. The zero-order valence-electron chi connectivity index (χ0n) is 12.2. The molecule has 2 aromatic carbocycles. The molecule has 22 heavy (non-hydrogen) atoms. The van der Waals surface area contributed by atoms with Crippen molar-refractivity contribution in [1.29, 1.82) is 0 Å². The van der Waals surface area contributed by atoms with E-state index in [9.17, 15) is 14.0 Å². The average molecular weight is 302 g/mol. The zero-order valence-corrected chi connectivity index (χ0v) is 12.2. The van der Waals surface area contributed by atoms with E-state index >= 15 is 0 Å². The van der Waals surface area contributed by atoms with Crippen LogP contribution in [0.2, 0.25) is 0 Å². The summed E-state index contributed by atoms with van der Waals surface area (Å²) in [5, 5.41) is 0. The summed E-state index contributed by atoms with van der Waals surface area (Å²) in [5.74, 6) is -1.68. The average Bonchev–Trinajstić information content (AvgIpc) is 2.47. The summed E-state index contributed by atoms with van der Waals surface area (Å²) in [6.07, 6.45) is -0.217. The van der Waals surface area contributed by atoms with Crippen LogP contribution in [-0.4, -0.2) is 18.0 Å². The van der Waals surface area contributed by atoms with E-state index in [1.807, 2.05) is 0 Å².